The highest BCUT2D eigenvalue weighted by atomic mass is 35.7. The van der Waals surface area contributed by atoms with Crippen molar-refractivity contribution < 1.29 is 28.9 Å². The maximum Gasteiger partial charge on any atom is 0.276 e. The second-order valence-electron chi connectivity index (χ2n) is 6.83. The molecule has 4 rings (SSSR count). The first-order chi connectivity index (χ1) is 15.2. The molecule has 2 aromatic heterocycles. The third-order valence-electron chi connectivity index (χ3n) is 4.35. The third kappa shape index (κ3) is 7.03. The van der Waals surface area contributed by atoms with Crippen LogP contribution in [-0.4, -0.2) is 24.1 Å². The van der Waals surface area contributed by atoms with Crippen LogP contribution in [0, 0.1) is 10.2 Å². The van der Waals surface area contributed by atoms with Crippen LogP contribution in [0.3, 0.4) is 0 Å². The maximum absolute atomic E-state index is 8.49. The van der Waals surface area contributed by atoms with E-state index in [9.17, 15) is 0 Å². The smallest absolute Gasteiger partial charge is 0.276 e. The number of aromatic nitrogens is 2. The first-order valence-electron chi connectivity index (χ1n) is 9.41. The summed E-state index contributed by atoms with van der Waals surface area (Å²) in [5.74, 6) is 0.756. The summed E-state index contributed by atoms with van der Waals surface area (Å²) < 4.78 is 34.0. The van der Waals surface area contributed by atoms with Gasteiger partial charge in [-0.25, -0.2) is 28.6 Å². The number of nitrogens with zero attached hydrogens (tertiary/aromatic N) is 3. The number of anilines is 1. The van der Waals surface area contributed by atoms with Gasteiger partial charge in [0.25, 0.3) is 4.88 Å². The van der Waals surface area contributed by atoms with Gasteiger partial charge in [0, 0.05) is 49.9 Å². The second-order valence-corrected chi connectivity index (χ2v) is 8.67. The molecule has 32 heavy (non-hydrogen) atoms. The van der Waals surface area contributed by atoms with E-state index < -0.39 is 10.2 Å². The SMILES string of the molecule is CN(C)c1ccc(-c2cc(-c3ccccc3)[s+]c(-c3ncccn3)c2)cc1.[O-][Cl+3]([O-])([O-])[O-]. The number of benzene rings is 2. The van der Waals surface area contributed by atoms with Crippen molar-refractivity contribution in [3.8, 4) is 32.3 Å². The average molecular weight is 470 g/mol. The van der Waals surface area contributed by atoms with Gasteiger partial charge in [0.2, 0.25) is 22.0 Å². The van der Waals surface area contributed by atoms with Crippen molar-refractivity contribution in [1.29, 1.82) is 0 Å². The normalized spacial score (nSPS) is 10.8. The highest BCUT2D eigenvalue weighted by Crippen LogP contribution is 2.36. The lowest BCUT2D eigenvalue weighted by molar-refractivity contribution is -2.00. The summed E-state index contributed by atoms with van der Waals surface area (Å²) in [5.41, 5.74) is 4.74. The van der Waals surface area contributed by atoms with Crippen molar-refractivity contribution in [3.63, 3.8) is 0 Å². The minimum absolute atomic E-state index is 0.756. The van der Waals surface area contributed by atoms with E-state index in [0.717, 1.165) is 10.7 Å². The molecule has 0 saturated carbocycles. The molecule has 0 radical (unpaired) electrons. The Kier molecular flexibility index (Phi) is 7.81. The summed E-state index contributed by atoms with van der Waals surface area (Å²) in [6.07, 6.45) is 3.57. The minimum atomic E-state index is -4.94. The first kappa shape index (κ1) is 23.7. The standard InChI is InChI=1S/C23H20N3S.ClHO4/c1-26(2)20-11-9-17(10-12-20)19-15-21(18-7-4-3-5-8-18)27-22(16-19)23-24-13-6-14-25-23;2-1(3,4)5/h3-16H,1-2H3;(H,2,3,4,5)/q+1;/p-1. The quantitative estimate of drug-likeness (QED) is 0.410. The maximum atomic E-state index is 8.49. The number of rotatable bonds is 4. The van der Waals surface area contributed by atoms with Crippen LogP contribution in [0.25, 0.3) is 32.3 Å². The molecular weight excluding hydrogens is 450 g/mol. The number of hydrogen-bond acceptors (Lipinski definition) is 7. The van der Waals surface area contributed by atoms with Crippen molar-refractivity contribution in [3.05, 3.63) is 85.2 Å². The van der Waals surface area contributed by atoms with Crippen molar-refractivity contribution >= 4 is 17.0 Å². The Morgan fingerprint density at radius 2 is 1.25 bits per heavy atom. The minimum Gasteiger partial charge on any atom is -0.378 e. The molecule has 0 aliphatic rings. The van der Waals surface area contributed by atoms with Gasteiger partial charge >= 0.3 is 0 Å². The Hall–Kier alpha value is -2.98. The fourth-order valence-corrected chi connectivity index (χ4v) is 3.96. The molecular formula is C23H20ClN3O4S. The fourth-order valence-electron chi connectivity index (χ4n) is 2.90. The van der Waals surface area contributed by atoms with E-state index in [1.54, 1.807) is 23.7 Å². The van der Waals surface area contributed by atoms with E-state index in [1.165, 1.54) is 27.3 Å². The monoisotopic (exact) mass is 469 g/mol. The molecule has 2 aromatic carbocycles. The van der Waals surface area contributed by atoms with E-state index in [4.69, 9.17) is 18.6 Å². The van der Waals surface area contributed by atoms with Crippen LogP contribution < -0.4 is 23.5 Å². The molecule has 0 fully saturated rings. The zero-order chi connectivity index (χ0) is 23.1. The van der Waals surface area contributed by atoms with Crippen LogP contribution in [0.15, 0.2) is 85.2 Å². The summed E-state index contributed by atoms with van der Waals surface area (Å²) in [6.45, 7) is 0. The number of hydrogen-bond donors (Lipinski definition) is 0. The molecule has 0 spiro atoms. The van der Waals surface area contributed by atoms with Crippen molar-refractivity contribution in [2.45, 2.75) is 0 Å². The van der Waals surface area contributed by atoms with Gasteiger partial charge in [0.05, 0.1) is 0 Å². The highest BCUT2D eigenvalue weighted by Gasteiger charge is 2.20. The Labute approximate surface area is 192 Å². The van der Waals surface area contributed by atoms with Crippen LogP contribution >= 0.6 is 11.3 Å². The Morgan fingerprint density at radius 3 is 1.81 bits per heavy atom. The topological polar surface area (TPSA) is 121 Å². The average Bonchev–Trinajstić information content (AvgIpc) is 2.79. The molecule has 164 valence electrons. The molecule has 0 N–H and O–H groups in total. The first-order valence-corrected chi connectivity index (χ1v) is 11.5. The van der Waals surface area contributed by atoms with Gasteiger partial charge in [-0.3, -0.25) is 0 Å². The predicted octanol–water partition coefficient (Wildman–Crippen LogP) is 1.13. The Bertz CT molecular complexity index is 1080. The molecule has 0 saturated heterocycles. The molecule has 0 unspecified atom stereocenters. The molecule has 9 heteroatoms. The molecule has 7 nitrogen and oxygen atoms in total. The van der Waals surface area contributed by atoms with E-state index in [1.807, 2.05) is 12.1 Å². The second kappa shape index (κ2) is 10.6. The van der Waals surface area contributed by atoms with Crippen molar-refractivity contribution in [2.75, 3.05) is 19.0 Å². The zero-order valence-electron chi connectivity index (χ0n) is 17.3. The summed E-state index contributed by atoms with van der Waals surface area (Å²) in [7, 11) is -0.838. The number of halogens is 1. The van der Waals surface area contributed by atoms with E-state index in [-0.39, 0.29) is 0 Å². The Morgan fingerprint density at radius 1 is 0.688 bits per heavy atom. The predicted molar refractivity (Wildman–Crippen MR) is 115 cm³/mol. The fraction of sp³-hybridized carbons (Fsp3) is 0.0870. The lowest BCUT2D eigenvalue weighted by atomic mass is 10.0. The summed E-state index contributed by atoms with van der Waals surface area (Å²) >= 11 is 1.71. The van der Waals surface area contributed by atoms with Crippen molar-refractivity contribution in [2.24, 2.45) is 0 Å². The van der Waals surface area contributed by atoms with Gasteiger partial charge in [-0.05, 0) is 41.5 Å². The zero-order valence-corrected chi connectivity index (χ0v) is 18.9. The molecule has 0 aliphatic carbocycles. The molecule has 0 amide bonds. The van der Waals surface area contributed by atoms with Crippen LogP contribution in [0.1, 0.15) is 0 Å². The summed E-state index contributed by atoms with van der Waals surface area (Å²) in [5, 5.41) is 0. The van der Waals surface area contributed by atoms with Crippen LogP contribution in [0.2, 0.25) is 0 Å². The van der Waals surface area contributed by atoms with Gasteiger partial charge in [-0.1, -0.05) is 30.3 Å². The molecule has 0 aliphatic heterocycles. The van der Waals surface area contributed by atoms with E-state index in [2.05, 4.69) is 89.6 Å². The molecule has 0 bridgehead atoms. The van der Waals surface area contributed by atoms with Crippen LogP contribution in [0.4, 0.5) is 5.69 Å². The van der Waals surface area contributed by atoms with Crippen LogP contribution in [0.5, 0.6) is 0 Å². The van der Waals surface area contributed by atoms with Crippen molar-refractivity contribution in [1.82, 2.24) is 9.97 Å². The highest BCUT2D eigenvalue weighted by molar-refractivity contribution is 7.18. The van der Waals surface area contributed by atoms with Gasteiger partial charge in [-0.15, -0.1) is 10.2 Å². The molecule has 4 aromatic rings. The van der Waals surface area contributed by atoms with Gasteiger partial charge in [0.1, 0.15) is 0 Å². The summed E-state index contributed by atoms with van der Waals surface area (Å²) in [6, 6.07) is 25.3. The van der Waals surface area contributed by atoms with Gasteiger partial charge in [0.15, 0.2) is 0 Å². The van der Waals surface area contributed by atoms with Gasteiger partial charge in [-0.2, -0.15) is 0 Å². The van der Waals surface area contributed by atoms with E-state index in [0.29, 0.717) is 0 Å². The lowest BCUT2D eigenvalue weighted by Gasteiger charge is -2.17. The molecule has 0 atom stereocenters. The van der Waals surface area contributed by atoms with E-state index >= 15 is 0 Å². The Balaban J connectivity index is 0.000000523. The largest absolute Gasteiger partial charge is 0.378 e. The van der Waals surface area contributed by atoms with Crippen LogP contribution in [-0.2, 0) is 0 Å². The summed E-state index contributed by atoms with van der Waals surface area (Å²) in [4.78, 5) is 13.3. The third-order valence-corrected chi connectivity index (χ3v) is 5.45. The van der Waals surface area contributed by atoms with Gasteiger partial charge < -0.3 is 4.90 Å². The lowest BCUT2D eigenvalue weighted by Crippen LogP contribution is -2.68. The molecule has 2 heterocycles.